The second kappa shape index (κ2) is 4.83. The van der Waals surface area contributed by atoms with Crippen molar-refractivity contribution in [3.8, 4) is 0 Å². The maximum atomic E-state index is 11.9. The van der Waals surface area contributed by atoms with E-state index < -0.39 is 22.9 Å². The summed E-state index contributed by atoms with van der Waals surface area (Å²) in [7, 11) is 0. The molecule has 0 spiro atoms. The fourth-order valence-corrected chi connectivity index (χ4v) is 1.25. The van der Waals surface area contributed by atoms with E-state index in [0.717, 1.165) is 0 Å². The van der Waals surface area contributed by atoms with E-state index in [2.05, 4.69) is 4.98 Å². The van der Waals surface area contributed by atoms with E-state index in [1.165, 1.54) is 0 Å². The molecule has 0 amide bonds. The van der Waals surface area contributed by atoms with Crippen molar-refractivity contribution >= 4 is 23.1 Å². The Morgan fingerprint density at radius 1 is 1.21 bits per heavy atom. The van der Waals surface area contributed by atoms with Crippen LogP contribution in [0.5, 0.6) is 0 Å². The number of alkyl halides is 3. The SMILES string of the molecule is F[B-](F)(F)c1cnc(C(F)(F)F)s1.[K+]. The molecule has 0 fully saturated rings. The Labute approximate surface area is 121 Å². The molecular formula is C4HBF6KNS. The van der Waals surface area contributed by atoms with Crippen LogP contribution in [-0.4, -0.2) is 12.0 Å². The van der Waals surface area contributed by atoms with Crippen molar-refractivity contribution in [3.05, 3.63) is 11.2 Å². The molecule has 0 saturated carbocycles. The first kappa shape index (κ1) is 14.9. The first-order valence-electron chi connectivity index (χ1n) is 2.94. The average molecular weight is 259 g/mol. The first-order valence-corrected chi connectivity index (χ1v) is 3.76. The first-order chi connectivity index (χ1) is 5.71. The third kappa shape index (κ3) is 3.82. The molecule has 14 heavy (non-hydrogen) atoms. The molecule has 0 radical (unpaired) electrons. The zero-order valence-electron chi connectivity index (χ0n) is 6.78. The third-order valence-electron chi connectivity index (χ3n) is 1.09. The summed E-state index contributed by atoms with van der Waals surface area (Å²) in [6.45, 7) is -5.38. The second-order valence-electron chi connectivity index (χ2n) is 2.14. The molecule has 74 valence electrons. The molecule has 0 unspecified atom stereocenters. The Morgan fingerprint density at radius 2 is 1.71 bits per heavy atom. The van der Waals surface area contributed by atoms with Gasteiger partial charge < -0.3 is 12.9 Å². The number of thiazole rings is 1. The molecule has 0 bridgehead atoms. The molecule has 10 heteroatoms. The molecule has 1 aromatic heterocycles. The van der Waals surface area contributed by atoms with E-state index in [-0.39, 0.29) is 68.9 Å². The van der Waals surface area contributed by atoms with Crippen molar-refractivity contribution in [2.24, 2.45) is 0 Å². The summed E-state index contributed by atoms with van der Waals surface area (Å²) in [4.78, 5) is 2.64. The van der Waals surface area contributed by atoms with Crippen molar-refractivity contribution < 1.29 is 77.5 Å². The molecule has 0 atom stereocenters. The van der Waals surface area contributed by atoms with Crippen LogP contribution in [0.3, 0.4) is 0 Å². The number of halogens is 6. The monoisotopic (exact) mass is 259 g/mol. The van der Waals surface area contributed by atoms with Crippen molar-refractivity contribution in [2.75, 3.05) is 0 Å². The number of nitrogens with zero attached hydrogens (tertiary/aromatic N) is 1. The van der Waals surface area contributed by atoms with Gasteiger partial charge in [0, 0.05) is 6.20 Å². The smallest absolute Gasteiger partial charge is 0.444 e. The normalized spacial score (nSPS) is 12.4. The average Bonchev–Trinajstić information content (AvgIpc) is 2.28. The quantitative estimate of drug-likeness (QED) is 0.476. The van der Waals surface area contributed by atoms with Gasteiger partial charge in [0.05, 0.1) is 0 Å². The number of hydrogen-bond acceptors (Lipinski definition) is 2. The minimum Gasteiger partial charge on any atom is -0.444 e. The molecule has 0 N–H and O–H groups in total. The van der Waals surface area contributed by atoms with Gasteiger partial charge in [0.25, 0.3) is 0 Å². The van der Waals surface area contributed by atoms with Crippen LogP contribution in [0.15, 0.2) is 6.20 Å². The molecule has 0 aliphatic carbocycles. The summed E-state index contributed by atoms with van der Waals surface area (Å²) in [6, 6.07) is 0. The zero-order valence-corrected chi connectivity index (χ0v) is 10.7. The summed E-state index contributed by atoms with van der Waals surface area (Å²) in [5, 5.41) is -1.47. The third-order valence-corrected chi connectivity index (χ3v) is 2.23. The van der Waals surface area contributed by atoms with Crippen LogP contribution in [-0.2, 0) is 6.18 Å². The minimum absolute atomic E-state index is 0. The van der Waals surface area contributed by atoms with Gasteiger partial charge in [-0.3, -0.25) is 0 Å². The second-order valence-corrected chi connectivity index (χ2v) is 3.20. The molecule has 0 saturated heterocycles. The Balaban J connectivity index is 0.00000169. The van der Waals surface area contributed by atoms with Crippen LogP contribution < -0.4 is 56.2 Å². The maximum absolute atomic E-state index is 11.9. The van der Waals surface area contributed by atoms with Gasteiger partial charge in [0.1, 0.15) is 0 Å². The van der Waals surface area contributed by atoms with Crippen LogP contribution in [0.2, 0.25) is 0 Å². The van der Waals surface area contributed by atoms with Crippen LogP contribution >= 0.6 is 11.3 Å². The van der Waals surface area contributed by atoms with E-state index in [1.807, 2.05) is 0 Å². The fraction of sp³-hybridized carbons (Fsp3) is 0.250. The van der Waals surface area contributed by atoms with Gasteiger partial charge in [-0.25, -0.2) is 4.98 Å². The van der Waals surface area contributed by atoms with Gasteiger partial charge >= 0.3 is 64.5 Å². The number of aromatic nitrogens is 1. The van der Waals surface area contributed by atoms with E-state index in [0.29, 0.717) is 0 Å². The van der Waals surface area contributed by atoms with Gasteiger partial charge in [0.2, 0.25) is 0 Å². The number of rotatable bonds is 1. The summed E-state index contributed by atoms with van der Waals surface area (Å²) < 4.78 is 69.6. The summed E-state index contributed by atoms with van der Waals surface area (Å²) in [6.07, 6.45) is -4.60. The predicted molar refractivity (Wildman–Crippen MR) is 35.8 cm³/mol. The fourth-order valence-electron chi connectivity index (χ4n) is 0.569. The number of hydrogen-bond donors (Lipinski definition) is 0. The molecule has 0 aliphatic rings. The summed E-state index contributed by atoms with van der Waals surface area (Å²) in [5.41, 5.74) is 0. The molecule has 1 rings (SSSR count). The van der Waals surface area contributed by atoms with Crippen molar-refractivity contribution in [3.63, 3.8) is 0 Å². The molecule has 0 aromatic carbocycles. The summed E-state index contributed by atoms with van der Waals surface area (Å²) in [5.74, 6) is 0. The van der Waals surface area contributed by atoms with Crippen molar-refractivity contribution in [2.45, 2.75) is 6.18 Å². The minimum atomic E-state index is -5.38. The molecule has 1 nitrogen and oxygen atoms in total. The topological polar surface area (TPSA) is 12.9 Å². The predicted octanol–water partition coefficient (Wildman–Crippen LogP) is -0.780. The van der Waals surface area contributed by atoms with E-state index >= 15 is 0 Å². The van der Waals surface area contributed by atoms with Crippen LogP contribution in [0.4, 0.5) is 26.1 Å². The Bertz CT molecular complexity index is 277. The molecule has 1 heterocycles. The summed E-state index contributed by atoms with van der Waals surface area (Å²) >= 11 is -0.387. The van der Waals surface area contributed by atoms with Gasteiger partial charge in [-0.05, 0) is 4.78 Å². The van der Waals surface area contributed by atoms with Crippen LogP contribution in [0, 0.1) is 0 Å². The van der Waals surface area contributed by atoms with E-state index in [9.17, 15) is 26.1 Å². The van der Waals surface area contributed by atoms with Gasteiger partial charge in [-0.15, -0.1) is 11.3 Å². The van der Waals surface area contributed by atoms with E-state index in [1.54, 1.807) is 0 Å². The Morgan fingerprint density at radius 3 is 1.93 bits per heavy atom. The van der Waals surface area contributed by atoms with Gasteiger partial charge in [0.15, 0.2) is 5.01 Å². The van der Waals surface area contributed by atoms with E-state index in [4.69, 9.17) is 0 Å². The molecular weight excluding hydrogens is 258 g/mol. The Hall–Kier alpha value is 0.911. The maximum Gasteiger partial charge on any atom is 1.00 e. The van der Waals surface area contributed by atoms with Gasteiger partial charge in [-0.2, -0.15) is 13.2 Å². The largest absolute Gasteiger partial charge is 1.00 e. The van der Waals surface area contributed by atoms with Crippen LogP contribution in [0.25, 0.3) is 0 Å². The standard InChI is InChI=1S/C4HBF6NS.K/c6-4(7,8)3-12-1-2(13-3)5(9,10)11;/h1H;/q-1;+1. The van der Waals surface area contributed by atoms with Crippen molar-refractivity contribution in [1.82, 2.24) is 4.98 Å². The van der Waals surface area contributed by atoms with Crippen molar-refractivity contribution in [1.29, 1.82) is 0 Å². The molecule has 0 aliphatic heterocycles. The Kier molecular flexibility index (Phi) is 5.14. The van der Waals surface area contributed by atoms with Gasteiger partial charge in [-0.1, -0.05) is 0 Å². The molecule has 1 aromatic rings. The zero-order chi connectivity index (χ0) is 10.3. The van der Waals surface area contributed by atoms with Crippen LogP contribution in [0.1, 0.15) is 5.01 Å².